The van der Waals surface area contributed by atoms with E-state index in [2.05, 4.69) is 31.0 Å². The number of aromatic nitrogens is 1. The molecule has 3 heteroatoms. The predicted octanol–water partition coefficient (Wildman–Crippen LogP) is 3.08. The first kappa shape index (κ1) is 13.8. The summed E-state index contributed by atoms with van der Waals surface area (Å²) in [5.41, 5.74) is 9.18. The summed E-state index contributed by atoms with van der Waals surface area (Å²) in [7, 11) is 1.68. The molecule has 0 spiro atoms. The number of nitrogens with zero attached hydrogens (tertiary/aromatic N) is 1. The Labute approximate surface area is 114 Å². The van der Waals surface area contributed by atoms with Gasteiger partial charge in [-0.1, -0.05) is 26.0 Å². The molecule has 1 aromatic heterocycles. The molecule has 0 bridgehead atoms. The van der Waals surface area contributed by atoms with E-state index < -0.39 is 0 Å². The van der Waals surface area contributed by atoms with Gasteiger partial charge in [-0.3, -0.25) is 0 Å². The number of nitrogens with two attached hydrogens (primary N) is 1. The maximum Gasteiger partial charge on any atom is 0.145 e. The average Bonchev–Trinajstić information content (AvgIpc) is 2.37. The molecule has 0 unspecified atom stereocenters. The smallest absolute Gasteiger partial charge is 0.145 e. The van der Waals surface area contributed by atoms with E-state index in [4.69, 9.17) is 10.5 Å². The number of ether oxygens (including phenoxy) is 1. The Bertz CT molecular complexity index is 591. The molecule has 0 saturated heterocycles. The van der Waals surface area contributed by atoms with E-state index in [0.717, 1.165) is 28.8 Å². The van der Waals surface area contributed by atoms with Gasteiger partial charge in [-0.15, -0.1) is 0 Å². The van der Waals surface area contributed by atoms with E-state index in [9.17, 15) is 0 Å². The number of fused-ring (bicyclic) bond motifs is 1. The van der Waals surface area contributed by atoms with Crippen LogP contribution in [0.3, 0.4) is 0 Å². The van der Waals surface area contributed by atoms with Crippen molar-refractivity contribution < 1.29 is 4.74 Å². The van der Waals surface area contributed by atoms with E-state index in [1.165, 1.54) is 5.56 Å². The lowest BCUT2D eigenvalue weighted by Gasteiger charge is -2.23. The van der Waals surface area contributed by atoms with E-state index in [1.54, 1.807) is 7.11 Å². The average molecular weight is 258 g/mol. The Hall–Kier alpha value is -1.61. The third kappa shape index (κ3) is 2.87. The van der Waals surface area contributed by atoms with Gasteiger partial charge in [0.05, 0.1) is 7.11 Å². The molecule has 0 fully saturated rings. The number of hydrogen-bond donors (Lipinski definition) is 1. The number of hydrogen-bond acceptors (Lipinski definition) is 3. The Morgan fingerprint density at radius 2 is 2.05 bits per heavy atom. The highest BCUT2D eigenvalue weighted by molar-refractivity contribution is 5.87. The Kier molecular flexibility index (Phi) is 3.76. The Morgan fingerprint density at radius 1 is 1.32 bits per heavy atom. The van der Waals surface area contributed by atoms with Gasteiger partial charge in [0, 0.05) is 11.1 Å². The van der Waals surface area contributed by atoms with Crippen LogP contribution in [0.25, 0.3) is 10.9 Å². The summed E-state index contributed by atoms with van der Waals surface area (Å²) < 4.78 is 5.41. The number of pyridine rings is 1. The summed E-state index contributed by atoms with van der Waals surface area (Å²) in [6.07, 6.45) is 0.941. The molecule has 0 aliphatic heterocycles. The summed E-state index contributed by atoms with van der Waals surface area (Å²) in [5, 5.41) is 1.16. The van der Waals surface area contributed by atoms with Crippen LogP contribution in [-0.4, -0.2) is 18.6 Å². The second-order valence-electron chi connectivity index (χ2n) is 5.82. The van der Waals surface area contributed by atoms with Crippen molar-refractivity contribution >= 4 is 10.9 Å². The quantitative estimate of drug-likeness (QED) is 0.916. The highest BCUT2D eigenvalue weighted by atomic mass is 16.5. The SMILES string of the molecule is COc1cccc2c(CC(C)(C)CN)cc(C)nc12. The van der Waals surface area contributed by atoms with Crippen molar-refractivity contribution in [3.63, 3.8) is 0 Å². The van der Waals surface area contributed by atoms with Crippen molar-refractivity contribution in [3.8, 4) is 5.75 Å². The molecule has 2 aromatic rings. The van der Waals surface area contributed by atoms with Crippen LogP contribution in [0.1, 0.15) is 25.1 Å². The summed E-state index contributed by atoms with van der Waals surface area (Å²) in [6, 6.07) is 8.22. The largest absolute Gasteiger partial charge is 0.494 e. The second kappa shape index (κ2) is 5.17. The minimum atomic E-state index is 0.0871. The van der Waals surface area contributed by atoms with E-state index >= 15 is 0 Å². The molecule has 1 aromatic carbocycles. The maximum atomic E-state index is 5.85. The van der Waals surface area contributed by atoms with Gasteiger partial charge in [0.25, 0.3) is 0 Å². The van der Waals surface area contributed by atoms with Gasteiger partial charge in [0.2, 0.25) is 0 Å². The van der Waals surface area contributed by atoms with Crippen molar-refractivity contribution in [2.24, 2.45) is 11.1 Å². The molecular weight excluding hydrogens is 236 g/mol. The van der Waals surface area contributed by atoms with Gasteiger partial charge in [-0.25, -0.2) is 4.98 Å². The fourth-order valence-electron chi connectivity index (χ4n) is 2.33. The number of methoxy groups -OCH3 is 1. The van der Waals surface area contributed by atoms with Crippen molar-refractivity contribution in [1.82, 2.24) is 4.98 Å². The van der Waals surface area contributed by atoms with Crippen LogP contribution in [0, 0.1) is 12.3 Å². The van der Waals surface area contributed by atoms with Crippen molar-refractivity contribution in [3.05, 3.63) is 35.5 Å². The third-order valence-corrected chi connectivity index (χ3v) is 3.46. The monoisotopic (exact) mass is 258 g/mol. The molecule has 0 aliphatic carbocycles. The molecule has 0 amide bonds. The normalized spacial score (nSPS) is 11.8. The molecule has 0 aliphatic rings. The molecule has 0 radical (unpaired) electrons. The zero-order chi connectivity index (χ0) is 14.0. The van der Waals surface area contributed by atoms with Crippen LogP contribution in [0.15, 0.2) is 24.3 Å². The van der Waals surface area contributed by atoms with Gasteiger partial charge >= 0.3 is 0 Å². The molecule has 0 atom stereocenters. The van der Waals surface area contributed by atoms with Crippen molar-refractivity contribution in [1.29, 1.82) is 0 Å². The standard InChI is InChI=1S/C16H22N2O/c1-11-8-12(9-16(2,3)10-17)13-6-5-7-14(19-4)15(13)18-11/h5-8H,9-10,17H2,1-4H3. The number of para-hydroxylation sites is 1. The lowest BCUT2D eigenvalue weighted by molar-refractivity contribution is 0.377. The summed E-state index contributed by atoms with van der Waals surface area (Å²) in [4.78, 5) is 4.61. The van der Waals surface area contributed by atoms with E-state index in [0.29, 0.717) is 6.54 Å². The molecule has 2 N–H and O–H groups in total. The van der Waals surface area contributed by atoms with Crippen LogP contribution in [0.2, 0.25) is 0 Å². The highest BCUT2D eigenvalue weighted by Crippen LogP contribution is 2.30. The lowest BCUT2D eigenvalue weighted by Crippen LogP contribution is -2.26. The van der Waals surface area contributed by atoms with E-state index in [1.807, 2.05) is 19.1 Å². The minimum absolute atomic E-state index is 0.0871. The molecule has 0 saturated carbocycles. The first-order valence-corrected chi connectivity index (χ1v) is 6.60. The summed E-state index contributed by atoms with van der Waals surface area (Å²) in [6.45, 7) is 7.06. The van der Waals surface area contributed by atoms with Crippen LogP contribution in [0.5, 0.6) is 5.75 Å². The molecule has 3 nitrogen and oxygen atoms in total. The lowest BCUT2D eigenvalue weighted by atomic mass is 9.84. The first-order valence-electron chi connectivity index (χ1n) is 6.60. The second-order valence-corrected chi connectivity index (χ2v) is 5.82. The maximum absolute atomic E-state index is 5.85. The number of rotatable bonds is 4. The fourth-order valence-corrected chi connectivity index (χ4v) is 2.33. The van der Waals surface area contributed by atoms with Gasteiger partial charge in [0.15, 0.2) is 0 Å². The van der Waals surface area contributed by atoms with Gasteiger partial charge < -0.3 is 10.5 Å². The third-order valence-electron chi connectivity index (χ3n) is 3.46. The highest BCUT2D eigenvalue weighted by Gasteiger charge is 2.19. The molecule has 19 heavy (non-hydrogen) atoms. The molecule has 102 valence electrons. The van der Waals surface area contributed by atoms with Crippen molar-refractivity contribution in [2.75, 3.05) is 13.7 Å². The van der Waals surface area contributed by atoms with Crippen LogP contribution in [-0.2, 0) is 6.42 Å². The van der Waals surface area contributed by atoms with Crippen LogP contribution >= 0.6 is 0 Å². The first-order chi connectivity index (χ1) is 8.96. The van der Waals surface area contributed by atoms with Gasteiger partial charge in [-0.2, -0.15) is 0 Å². The minimum Gasteiger partial charge on any atom is -0.494 e. The summed E-state index contributed by atoms with van der Waals surface area (Å²) >= 11 is 0. The summed E-state index contributed by atoms with van der Waals surface area (Å²) in [5.74, 6) is 0.827. The Morgan fingerprint density at radius 3 is 2.68 bits per heavy atom. The number of aryl methyl sites for hydroxylation is 1. The van der Waals surface area contributed by atoms with Crippen LogP contribution < -0.4 is 10.5 Å². The van der Waals surface area contributed by atoms with Crippen molar-refractivity contribution in [2.45, 2.75) is 27.2 Å². The van der Waals surface area contributed by atoms with Gasteiger partial charge in [-0.05, 0) is 43.0 Å². The topological polar surface area (TPSA) is 48.1 Å². The molecule has 1 heterocycles. The van der Waals surface area contributed by atoms with Gasteiger partial charge in [0.1, 0.15) is 11.3 Å². The van der Waals surface area contributed by atoms with Crippen LogP contribution in [0.4, 0.5) is 0 Å². The Balaban J connectivity index is 2.61. The zero-order valence-corrected chi connectivity index (χ0v) is 12.2. The molecule has 2 rings (SSSR count). The zero-order valence-electron chi connectivity index (χ0n) is 12.2. The van der Waals surface area contributed by atoms with E-state index in [-0.39, 0.29) is 5.41 Å². The number of benzene rings is 1. The molecular formula is C16H22N2O. The predicted molar refractivity (Wildman–Crippen MR) is 79.6 cm³/mol. The fraction of sp³-hybridized carbons (Fsp3) is 0.438.